The van der Waals surface area contributed by atoms with Gasteiger partial charge in [0.1, 0.15) is 31.2 Å². The monoisotopic (exact) mass is 1300 g/mol. The fourth-order valence-corrected chi connectivity index (χ4v) is 15.3. The number of anilines is 1. The number of aromatic amines is 1. The summed E-state index contributed by atoms with van der Waals surface area (Å²) in [5.74, 6) is 5.90. The largest absolute Gasteiger partial charge is 0.490 e. The fourth-order valence-electron chi connectivity index (χ4n) is 9.86. The number of aryl methyl sites for hydroxylation is 1. The Morgan fingerprint density at radius 1 is 0.965 bits per heavy atom. The number of H-pyrrole nitrogens is 1. The van der Waals surface area contributed by atoms with Crippen LogP contribution < -0.4 is 26.8 Å². The minimum absolute atomic E-state index is 0.0431. The van der Waals surface area contributed by atoms with E-state index in [-0.39, 0.29) is 47.1 Å². The Hall–Kier alpha value is -5.18. The molecule has 0 aliphatic carbocycles. The van der Waals surface area contributed by atoms with Crippen LogP contribution in [-0.4, -0.2) is 127 Å². The number of amides is 2. The lowest BCUT2D eigenvalue weighted by Gasteiger charge is -2.25. The van der Waals surface area contributed by atoms with Gasteiger partial charge in [-0.3, -0.25) is 33.0 Å². The van der Waals surface area contributed by atoms with Crippen LogP contribution in [0.15, 0.2) is 86.1 Å². The Kier molecular flexibility index (Phi) is 24.1. The van der Waals surface area contributed by atoms with E-state index in [0.717, 1.165) is 64.9 Å². The molecular weight excluding hydrogens is 1230 g/mol. The quantitative estimate of drug-likeness (QED) is 0.00388. The van der Waals surface area contributed by atoms with E-state index in [1.54, 1.807) is 12.1 Å². The summed E-state index contributed by atoms with van der Waals surface area (Å²) in [5, 5.41) is 8.81. The highest BCUT2D eigenvalue weighted by Gasteiger charge is 2.46. The number of nitrogens with one attached hydrogen (secondary N) is 3. The maximum Gasteiger partial charge on any atom is 0.490 e. The van der Waals surface area contributed by atoms with Crippen LogP contribution >= 0.6 is 45.1 Å². The lowest BCUT2D eigenvalue weighted by molar-refractivity contribution is -0.438. The number of fused-ring (bicyclic) bond motifs is 2. The normalized spacial score (nSPS) is 19.9. The standard InChI is InChI=1S/C51H68N9O19P3S3/c1-7-34-18-20-40-37(28-34)50(3,4)44(16-12-15-43-51(5,6)38-29-36(85(72,73)74)19-21-39(38)58(43)8-2)59(40)25-11-9-10-17-45(61)54-24-27-84-83-26-22-46(62)53-23-13-14-35-31-60(49(64)56-48(35)63)47-30-41(75-33-55-57-52)42(77-47)32-76-81(68,69)79-82(70,71)78-80(65,66)67/h12,15-16,18-21,28-29,31,41-42,47H,7-11,17,22-27,30,32-33H2,1-6H3,(H7-,53,54,56,61,62,63,64,65,66,67,68,69,70,71,72,73,74)/p+1. The molecule has 0 bridgehead atoms. The zero-order valence-electron chi connectivity index (χ0n) is 47.3. The average Bonchev–Trinajstić information content (AvgIpc) is 1.98. The predicted octanol–water partition coefficient (Wildman–Crippen LogP) is 6.88. The minimum atomic E-state index is -5.84. The predicted molar refractivity (Wildman–Crippen MR) is 318 cm³/mol. The number of phosphoric acid groups is 3. The second kappa shape index (κ2) is 29.7. The van der Waals surface area contributed by atoms with E-state index in [2.05, 4.69) is 131 Å². The van der Waals surface area contributed by atoms with E-state index in [4.69, 9.17) is 24.8 Å². The molecule has 1 fully saturated rings. The summed E-state index contributed by atoms with van der Waals surface area (Å²) in [6.45, 7) is 12.9. The summed E-state index contributed by atoms with van der Waals surface area (Å²) in [6, 6.07) is 11.4. The van der Waals surface area contributed by atoms with Crippen LogP contribution in [0.1, 0.15) is 109 Å². The molecule has 1 aromatic heterocycles. The number of carbonyl (C=O) groups excluding carboxylic acids is 2. The summed E-state index contributed by atoms with van der Waals surface area (Å²) in [4.78, 5) is 94.3. The number of phosphoric ester groups is 1. The molecule has 2 amide bonds. The molecule has 0 saturated carbocycles. The highest BCUT2D eigenvalue weighted by atomic mass is 33.1. The third kappa shape index (κ3) is 18.9. The van der Waals surface area contributed by atoms with Crippen molar-refractivity contribution < 1.29 is 83.0 Å². The number of ether oxygens (including phenoxy) is 2. The molecule has 464 valence electrons. The van der Waals surface area contributed by atoms with E-state index in [0.29, 0.717) is 37.4 Å². The highest BCUT2D eigenvalue weighted by molar-refractivity contribution is 8.76. The molecule has 5 unspecified atom stereocenters. The van der Waals surface area contributed by atoms with Crippen LogP contribution in [0.5, 0.6) is 0 Å². The van der Waals surface area contributed by atoms with Gasteiger partial charge in [-0.25, -0.2) is 18.5 Å². The third-order valence-electron chi connectivity index (χ3n) is 13.9. The van der Waals surface area contributed by atoms with E-state index < -0.39 is 82.0 Å². The number of allylic oxidation sites excluding steroid dienone is 4. The van der Waals surface area contributed by atoms with Gasteiger partial charge in [0.25, 0.3) is 15.7 Å². The Balaban J connectivity index is 0.916. The summed E-state index contributed by atoms with van der Waals surface area (Å²) < 4.78 is 95.3. The van der Waals surface area contributed by atoms with Gasteiger partial charge in [0.05, 0.1) is 29.6 Å². The van der Waals surface area contributed by atoms with Crippen molar-refractivity contribution in [2.24, 2.45) is 5.11 Å². The Labute approximate surface area is 498 Å². The SMILES string of the molecule is CCc1ccc2c(c1)C(C)(C)C(/C=C/C=C1/N(CC)c3ccc(S(=O)(=O)O)cc3C1(C)C)=[N+]2CCCCCC(=O)NCCSSCCC(=O)NCC#Cc1cn(C2CC(OCN=[N+]=[N-])C(COP(=O)(O)OP(=O)(O)OP(=O)(O)O)O2)c(=O)[nH]c1=O. The fraction of sp³-hybridized carbons (Fsp3) is 0.510. The summed E-state index contributed by atoms with van der Waals surface area (Å²) in [5.41, 5.74) is 13.3. The maximum atomic E-state index is 12.8. The van der Waals surface area contributed by atoms with Crippen LogP contribution in [-0.2, 0) is 73.3 Å². The Morgan fingerprint density at radius 3 is 2.39 bits per heavy atom. The van der Waals surface area contributed by atoms with E-state index in [1.807, 2.05) is 6.92 Å². The number of benzene rings is 2. The van der Waals surface area contributed by atoms with Crippen molar-refractivity contribution in [2.45, 2.75) is 121 Å². The van der Waals surface area contributed by atoms with Gasteiger partial charge >= 0.3 is 29.2 Å². The number of azide groups is 1. The molecule has 34 heteroatoms. The molecule has 0 radical (unpaired) electrons. The Morgan fingerprint density at radius 2 is 1.69 bits per heavy atom. The van der Waals surface area contributed by atoms with Crippen molar-refractivity contribution >= 4 is 84.1 Å². The van der Waals surface area contributed by atoms with Gasteiger partial charge in [0, 0.05) is 95.9 Å². The van der Waals surface area contributed by atoms with Gasteiger partial charge < -0.3 is 44.6 Å². The van der Waals surface area contributed by atoms with Gasteiger partial charge in [-0.2, -0.15) is 21.6 Å². The first-order valence-corrected chi connectivity index (χ1v) is 35.1. The number of nitrogens with zero attached hydrogens (tertiary/aromatic N) is 6. The van der Waals surface area contributed by atoms with Crippen LogP contribution in [0.2, 0.25) is 0 Å². The number of carbonyl (C=O) groups is 2. The second-order valence-electron chi connectivity index (χ2n) is 20.5. The van der Waals surface area contributed by atoms with E-state index in [9.17, 15) is 55.6 Å². The van der Waals surface area contributed by atoms with Crippen molar-refractivity contribution in [2.75, 3.05) is 55.9 Å². The second-order valence-corrected chi connectivity index (χ2v) is 29.0. The van der Waals surface area contributed by atoms with Gasteiger partial charge in [0.2, 0.25) is 17.5 Å². The average molecular weight is 1300 g/mol. The molecular formula is C51H69N9O19P3S3+. The molecule has 8 N–H and O–H groups in total. The first-order valence-electron chi connectivity index (χ1n) is 26.7. The minimum Gasteiger partial charge on any atom is -0.369 e. The van der Waals surface area contributed by atoms with Gasteiger partial charge in [-0.1, -0.05) is 71.5 Å². The molecule has 6 rings (SSSR count). The lowest BCUT2D eigenvalue weighted by atomic mass is 9.80. The molecule has 28 nitrogen and oxygen atoms in total. The highest BCUT2D eigenvalue weighted by Crippen LogP contribution is 2.66. The molecule has 1 saturated heterocycles. The zero-order valence-corrected chi connectivity index (χ0v) is 52.4. The van der Waals surface area contributed by atoms with E-state index in [1.165, 1.54) is 38.8 Å². The molecule has 85 heavy (non-hydrogen) atoms. The smallest absolute Gasteiger partial charge is 0.369 e. The molecule has 3 aliphatic rings. The van der Waals surface area contributed by atoms with Gasteiger partial charge in [0.15, 0.2) is 5.71 Å². The van der Waals surface area contributed by atoms with Crippen molar-refractivity contribution in [3.05, 3.63) is 120 Å². The lowest BCUT2D eigenvalue weighted by Crippen LogP contribution is -2.34. The summed E-state index contributed by atoms with van der Waals surface area (Å²) >= 11 is 0. The van der Waals surface area contributed by atoms with Crippen LogP contribution in [0.4, 0.5) is 11.4 Å². The van der Waals surface area contributed by atoms with Gasteiger partial charge in [-0.05, 0) is 87.0 Å². The van der Waals surface area contributed by atoms with Crippen LogP contribution in [0.25, 0.3) is 10.4 Å². The molecule has 5 atom stereocenters. The van der Waals surface area contributed by atoms with Crippen molar-refractivity contribution in [3.63, 3.8) is 0 Å². The third-order valence-corrected chi connectivity index (χ3v) is 21.0. The number of unbranched alkanes of at least 4 members (excludes halogenated alkanes) is 2. The number of aromatic nitrogens is 2. The van der Waals surface area contributed by atoms with Crippen molar-refractivity contribution in [3.8, 4) is 11.8 Å². The molecule has 0 spiro atoms. The number of hydrogen-bond donors (Lipinski definition) is 8. The van der Waals surface area contributed by atoms with Crippen LogP contribution in [0, 0.1) is 11.8 Å². The number of rotatable bonds is 30. The topological polar surface area (TPSA) is 401 Å². The number of hydrogen-bond acceptors (Lipinski definition) is 18. The van der Waals surface area contributed by atoms with Crippen LogP contribution in [0.3, 0.4) is 0 Å². The van der Waals surface area contributed by atoms with Gasteiger partial charge in [-0.15, -0.1) is 0 Å². The molecule has 3 aliphatic heterocycles. The van der Waals surface area contributed by atoms with Crippen molar-refractivity contribution in [1.82, 2.24) is 20.2 Å². The van der Waals surface area contributed by atoms with E-state index >= 15 is 0 Å². The first-order chi connectivity index (χ1) is 39.9. The van der Waals surface area contributed by atoms with Crippen molar-refractivity contribution in [1.29, 1.82) is 0 Å². The summed E-state index contributed by atoms with van der Waals surface area (Å²) in [6.07, 6.45) is 7.19. The maximum absolute atomic E-state index is 12.8. The molecule has 4 heterocycles. The molecule has 3 aromatic rings. The summed E-state index contributed by atoms with van der Waals surface area (Å²) in [7, 11) is -18.5. The number of likely N-dealkylation sites (N-methyl/N-ethyl adjacent to an activating group) is 1. The Bertz CT molecular complexity index is 3590. The zero-order chi connectivity index (χ0) is 62.5. The first kappa shape index (κ1) is 68.9. The molecule has 2 aromatic carbocycles.